The van der Waals surface area contributed by atoms with Gasteiger partial charge in [-0.2, -0.15) is 0 Å². The zero-order chi connectivity index (χ0) is 16.9. The highest BCUT2D eigenvalue weighted by atomic mass is 35.5. The van der Waals surface area contributed by atoms with Gasteiger partial charge < -0.3 is 20.9 Å². The van der Waals surface area contributed by atoms with Crippen LogP contribution in [0.2, 0.25) is 0 Å². The first-order valence-corrected chi connectivity index (χ1v) is 8.96. The van der Waals surface area contributed by atoms with Gasteiger partial charge in [0.15, 0.2) is 11.5 Å². The maximum atomic E-state index is 6.32. The summed E-state index contributed by atoms with van der Waals surface area (Å²) in [6, 6.07) is 3.89. The fraction of sp³-hybridized carbons (Fsp3) is 0.588. The van der Waals surface area contributed by atoms with Gasteiger partial charge >= 0.3 is 0 Å². The maximum Gasteiger partial charge on any atom is 0.163 e. The summed E-state index contributed by atoms with van der Waals surface area (Å²) in [6.07, 6.45) is 3.85. The number of hydrogen-bond acceptors (Lipinski definition) is 6. The van der Waals surface area contributed by atoms with Crippen molar-refractivity contribution in [1.82, 2.24) is 4.98 Å². The van der Waals surface area contributed by atoms with E-state index in [2.05, 4.69) is 18.8 Å². The Morgan fingerprint density at radius 3 is 2.50 bits per heavy atom. The lowest BCUT2D eigenvalue weighted by Crippen LogP contribution is -2.38. The number of nitrogens with two attached hydrogens (primary N) is 2. The molecule has 2 rings (SSSR count). The van der Waals surface area contributed by atoms with Gasteiger partial charge in [-0.15, -0.1) is 23.7 Å². The highest BCUT2D eigenvalue weighted by molar-refractivity contribution is 7.18. The molecule has 0 saturated carbocycles. The predicted octanol–water partition coefficient (Wildman–Crippen LogP) is 3.86. The van der Waals surface area contributed by atoms with Gasteiger partial charge in [-0.05, 0) is 25.7 Å². The molecule has 0 spiro atoms. The monoisotopic (exact) mass is 373 g/mol. The lowest BCUT2D eigenvalue weighted by molar-refractivity contribution is 0.261. The second-order valence-corrected chi connectivity index (χ2v) is 6.92. The standard InChI is InChI=1S/C17H27N3O2S.ClH/c1-4-17(19,5-2)7-6-8-22-14-9-12-15(10-13(14)21-3)23-16(11-18)20-12;/h9-10H,4-8,11,18-19H2,1-3H3;1H. The molecule has 136 valence electrons. The average Bonchev–Trinajstić information content (AvgIpc) is 2.99. The molecule has 0 radical (unpaired) electrons. The number of nitrogens with zero attached hydrogens (tertiary/aromatic N) is 1. The smallest absolute Gasteiger partial charge is 0.163 e. The second kappa shape index (κ2) is 9.42. The Morgan fingerprint density at radius 2 is 1.92 bits per heavy atom. The van der Waals surface area contributed by atoms with Crippen molar-refractivity contribution in [3.8, 4) is 11.5 Å². The van der Waals surface area contributed by atoms with Gasteiger partial charge in [0.05, 0.1) is 23.9 Å². The highest BCUT2D eigenvalue weighted by Gasteiger charge is 2.19. The SMILES string of the molecule is CCC(N)(CC)CCCOc1cc2nc(CN)sc2cc1OC.Cl. The first-order valence-electron chi connectivity index (χ1n) is 8.14. The Hall–Kier alpha value is -1.08. The molecule has 0 unspecified atom stereocenters. The summed E-state index contributed by atoms with van der Waals surface area (Å²) in [6.45, 7) is 5.34. The summed E-state index contributed by atoms with van der Waals surface area (Å²) in [4.78, 5) is 4.50. The average molecular weight is 374 g/mol. The van der Waals surface area contributed by atoms with Crippen LogP contribution in [-0.2, 0) is 6.54 Å². The third kappa shape index (κ3) is 4.96. The van der Waals surface area contributed by atoms with Crippen molar-refractivity contribution in [2.75, 3.05) is 13.7 Å². The van der Waals surface area contributed by atoms with Gasteiger partial charge in [0.25, 0.3) is 0 Å². The molecule has 1 aromatic heterocycles. The summed E-state index contributed by atoms with van der Waals surface area (Å²) in [5.74, 6) is 1.46. The molecule has 7 heteroatoms. The van der Waals surface area contributed by atoms with E-state index in [1.807, 2.05) is 12.1 Å². The molecule has 0 fully saturated rings. The normalized spacial score (nSPS) is 11.4. The third-order valence-electron chi connectivity index (χ3n) is 4.38. The minimum atomic E-state index is -0.0810. The number of methoxy groups -OCH3 is 1. The molecule has 4 N–H and O–H groups in total. The number of ether oxygens (including phenoxy) is 2. The molecule has 2 aromatic rings. The Kier molecular flexibility index (Phi) is 8.22. The third-order valence-corrected chi connectivity index (χ3v) is 5.42. The minimum Gasteiger partial charge on any atom is -0.493 e. The second-order valence-electron chi connectivity index (χ2n) is 5.80. The van der Waals surface area contributed by atoms with Crippen LogP contribution in [0.1, 0.15) is 44.5 Å². The van der Waals surface area contributed by atoms with E-state index in [1.165, 1.54) is 0 Å². The molecule has 24 heavy (non-hydrogen) atoms. The molecule has 0 saturated heterocycles. The van der Waals surface area contributed by atoms with Crippen molar-refractivity contribution < 1.29 is 9.47 Å². The van der Waals surface area contributed by atoms with Gasteiger partial charge in [0.1, 0.15) is 5.01 Å². The van der Waals surface area contributed by atoms with Crippen LogP contribution < -0.4 is 20.9 Å². The van der Waals surface area contributed by atoms with Gasteiger partial charge in [-0.3, -0.25) is 0 Å². The fourth-order valence-corrected chi connectivity index (χ4v) is 3.41. The van der Waals surface area contributed by atoms with Crippen LogP contribution in [0.4, 0.5) is 0 Å². The van der Waals surface area contributed by atoms with Crippen LogP contribution in [0, 0.1) is 0 Å². The van der Waals surface area contributed by atoms with Crippen LogP contribution in [-0.4, -0.2) is 24.2 Å². The van der Waals surface area contributed by atoms with E-state index in [4.69, 9.17) is 20.9 Å². The minimum absolute atomic E-state index is 0. The summed E-state index contributed by atoms with van der Waals surface area (Å²) in [7, 11) is 1.65. The number of benzene rings is 1. The molecular formula is C17H28ClN3O2S. The van der Waals surface area contributed by atoms with E-state index in [0.29, 0.717) is 13.2 Å². The number of thiazole rings is 1. The molecule has 0 atom stereocenters. The molecule has 5 nitrogen and oxygen atoms in total. The van der Waals surface area contributed by atoms with Gasteiger partial charge in [-0.1, -0.05) is 13.8 Å². The first kappa shape index (κ1) is 21.0. The van der Waals surface area contributed by atoms with Crippen LogP contribution in [0.15, 0.2) is 12.1 Å². The summed E-state index contributed by atoms with van der Waals surface area (Å²) >= 11 is 1.58. The topological polar surface area (TPSA) is 83.4 Å². The largest absolute Gasteiger partial charge is 0.493 e. The van der Waals surface area contributed by atoms with E-state index < -0.39 is 0 Å². The molecule has 1 aromatic carbocycles. The van der Waals surface area contributed by atoms with Crippen LogP contribution in [0.3, 0.4) is 0 Å². The van der Waals surface area contributed by atoms with E-state index >= 15 is 0 Å². The van der Waals surface area contributed by atoms with Crippen molar-refractivity contribution >= 4 is 34.0 Å². The number of aromatic nitrogens is 1. The summed E-state index contributed by atoms with van der Waals surface area (Å²) in [5.41, 5.74) is 12.8. The van der Waals surface area contributed by atoms with Crippen LogP contribution in [0.5, 0.6) is 11.5 Å². The zero-order valence-corrected chi connectivity index (χ0v) is 16.3. The van der Waals surface area contributed by atoms with E-state index in [9.17, 15) is 0 Å². The van der Waals surface area contributed by atoms with Crippen LogP contribution in [0.25, 0.3) is 10.2 Å². The number of fused-ring (bicyclic) bond motifs is 1. The molecular weight excluding hydrogens is 346 g/mol. The number of halogens is 1. The zero-order valence-electron chi connectivity index (χ0n) is 14.6. The number of rotatable bonds is 9. The van der Waals surface area contributed by atoms with Crippen molar-refractivity contribution in [1.29, 1.82) is 0 Å². The van der Waals surface area contributed by atoms with Crippen LogP contribution >= 0.6 is 23.7 Å². The predicted molar refractivity (Wildman–Crippen MR) is 104 cm³/mol. The first-order chi connectivity index (χ1) is 11.0. The summed E-state index contributed by atoms with van der Waals surface area (Å²) in [5, 5.41) is 0.915. The summed E-state index contributed by atoms with van der Waals surface area (Å²) < 4.78 is 12.4. The Morgan fingerprint density at radius 1 is 1.21 bits per heavy atom. The van der Waals surface area contributed by atoms with E-state index in [1.54, 1.807) is 18.4 Å². The Labute approximate surface area is 154 Å². The molecule has 1 heterocycles. The Balaban J connectivity index is 0.00000288. The fourth-order valence-electron chi connectivity index (χ4n) is 2.55. The lowest BCUT2D eigenvalue weighted by Gasteiger charge is -2.26. The molecule has 0 aliphatic rings. The van der Waals surface area contributed by atoms with E-state index in [-0.39, 0.29) is 17.9 Å². The van der Waals surface area contributed by atoms with E-state index in [0.717, 1.165) is 52.4 Å². The molecule has 0 aliphatic heterocycles. The molecule has 0 aliphatic carbocycles. The lowest BCUT2D eigenvalue weighted by atomic mass is 9.89. The van der Waals surface area contributed by atoms with Gasteiger partial charge in [-0.25, -0.2) is 4.98 Å². The van der Waals surface area contributed by atoms with Crippen molar-refractivity contribution in [3.63, 3.8) is 0 Å². The number of hydrogen-bond donors (Lipinski definition) is 2. The molecule has 0 amide bonds. The van der Waals surface area contributed by atoms with Crippen molar-refractivity contribution in [2.45, 2.75) is 51.6 Å². The molecule has 0 bridgehead atoms. The quantitative estimate of drug-likeness (QED) is 0.652. The van der Waals surface area contributed by atoms with Crippen molar-refractivity contribution in [2.24, 2.45) is 11.5 Å². The van der Waals surface area contributed by atoms with Crippen molar-refractivity contribution in [3.05, 3.63) is 17.1 Å². The van der Waals surface area contributed by atoms with Gasteiger partial charge in [0.2, 0.25) is 0 Å². The maximum absolute atomic E-state index is 6.32. The Bertz CT molecular complexity index is 644. The van der Waals surface area contributed by atoms with Gasteiger partial charge in [0, 0.05) is 24.2 Å². The highest BCUT2D eigenvalue weighted by Crippen LogP contribution is 2.35.